The van der Waals surface area contributed by atoms with E-state index in [0.29, 0.717) is 18.5 Å². The molecule has 0 aromatic heterocycles. The molecule has 110 valence electrons. The highest BCUT2D eigenvalue weighted by atomic mass is 32.2. The minimum Gasteiger partial charge on any atom is -0.342 e. The molecular weight excluding hydrogens is 256 g/mol. The van der Waals surface area contributed by atoms with Crippen molar-refractivity contribution >= 4 is 17.7 Å². The zero-order valence-corrected chi connectivity index (χ0v) is 13.3. The van der Waals surface area contributed by atoms with Crippen LogP contribution >= 0.6 is 11.8 Å². The standard InChI is InChI=1S/C15H28N2OS/c1-16(13-7-8-14(11-13)19-2)12-15(18)17-9-5-3-4-6-10-17/h13-14H,3-12H2,1-2H3/t13-,14+/m1/s1. The van der Waals surface area contributed by atoms with Crippen LogP contribution in [0.1, 0.15) is 44.9 Å². The van der Waals surface area contributed by atoms with E-state index in [4.69, 9.17) is 0 Å². The molecule has 19 heavy (non-hydrogen) atoms. The average molecular weight is 284 g/mol. The summed E-state index contributed by atoms with van der Waals surface area (Å²) in [6.07, 6.45) is 11.0. The van der Waals surface area contributed by atoms with Gasteiger partial charge in [0.15, 0.2) is 0 Å². The molecule has 2 aliphatic rings. The highest BCUT2D eigenvalue weighted by Crippen LogP contribution is 2.30. The van der Waals surface area contributed by atoms with Gasteiger partial charge in [-0.1, -0.05) is 12.8 Å². The fraction of sp³-hybridized carbons (Fsp3) is 0.933. The first kappa shape index (κ1) is 15.2. The average Bonchev–Trinajstić information content (AvgIpc) is 2.73. The van der Waals surface area contributed by atoms with Gasteiger partial charge < -0.3 is 4.90 Å². The van der Waals surface area contributed by atoms with Crippen LogP contribution in [-0.4, -0.2) is 59.9 Å². The molecule has 4 heteroatoms. The molecule has 0 bridgehead atoms. The minimum absolute atomic E-state index is 0.344. The summed E-state index contributed by atoms with van der Waals surface area (Å²) in [6, 6.07) is 0.619. The molecule has 1 heterocycles. The van der Waals surface area contributed by atoms with Crippen LogP contribution in [0.4, 0.5) is 0 Å². The molecule has 0 radical (unpaired) electrons. The van der Waals surface area contributed by atoms with E-state index in [2.05, 4.69) is 23.1 Å². The van der Waals surface area contributed by atoms with Crippen molar-refractivity contribution in [2.24, 2.45) is 0 Å². The van der Waals surface area contributed by atoms with Crippen molar-refractivity contribution in [2.45, 2.75) is 56.2 Å². The predicted molar refractivity (Wildman–Crippen MR) is 82.6 cm³/mol. The number of carbonyl (C=O) groups excluding carboxylic acids is 1. The third-order valence-electron chi connectivity index (χ3n) is 4.66. The second-order valence-electron chi connectivity index (χ2n) is 6.03. The molecule has 0 unspecified atom stereocenters. The van der Waals surface area contributed by atoms with Crippen molar-refractivity contribution in [1.82, 2.24) is 9.80 Å². The number of hydrogen-bond acceptors (Lipinski definition) is 3. The summed E-state index contributed by atoms with van der Waals surface area (Å²) in [5.74, 6) is 0.344. The molecule has 1 aliphatic carbocycles. The van der Waals surface area contributed by atoms with Gasteiger partial charge in [-0.25, -0.2) is 0 Å². The molecular formula is C15H28N2OS. The summed E-state index contributed by atoms with van der Waals surface area (Å²) in [5, 5.41) is 0.806. The molecule has 1 aliphatic heterocycles. The Kier molecular flexibility index (Phi) is 6.02. The Hall–Kier alpha value is -0.220. The molecule has 0 aromatic carbocycles. The van der Waals surface area contributed by atoms with Crippen LogP contribution in [0.2, 0.25) is 0 Å². The summed E-state index contributed by atoms with van der Waals surface area (Å²) >= 11 is 1.98. The van der Waals surface area contributed by atoms with Crippen LogP contribution < -0.4 is 0 Å². The largest absolute Gasteiger partial charge is 0.342 e. The molecule has 0 N–H and O–H groups in total. The topological polar surface area (TPSA) is 23.6 Å². The smallest absolute Gasteiger partial charge is 0.236 e. The predicted octanol–water partition coefficient (Wildman–Crippen LogP) is 2.60. The summed E-state index contributed by atoms with van der Waals surface area (Å²) in [7, 11) is 2.13. The van der Waals surface area contributed by atoms with Crippen molar-refractivity contribution in [3.8, 4) is 0 Å². The molecule has 0 aromatic rings. The highest BCUT2D eigenvalue weighted by molar-refractivity contribution is 7.99. The number of rotatable bonds is 4. The molecule has 2 rings (SSSR count). The van der Waals surface area contributed by atoms with E-state index < -0.39 is 0 Å². The first-order valence-electron chi connectivity index (χ1n) is 7.71. The van der Waals surface area contributed by atoms with Gasteiger partial charge in [0.25, 0.3) is 0 Å². The number of nitrogens with zero attached hydrogens (tertiary/aromatic N) is 2. The maximum atomic E-state index is 12.3. The minimum atomic E-state index is 0.344. The second-order valence-corrected chi connectivity index (χ2v) is 7.17. The van der Waals surface area contributed by atoms with Crippen LogP contribution in [0.15, 0.2) is 0 Å². The Balaban J connectivity index is 1.77. The SMILES string of the molecule is CS[C@H]1CC[C@@H](N(C)CC(=O)N2CCCCCC2)C1. The molecule has 2 atom stereocenters. The first-order valence-corrected chi connectivity index (χ1v) is 9.00. The Bertz CT molecular complexity index is 290. The Morgan fingerprint density at radius 3 is 2.47 bits per heavy atom. The summed E-state index contributed by atoms with van der Waals surface area (Å²) < 4.78 is 0. The molecule has 1 saturated carbocycles. The van der Waals surface area contributed by atoms with Gasteiger partial charge in [0.1, 0.15) is 0 Å². The maximum Gasteiger partial charge on any atom is 0.236 e. The van der Waals surface area contributed by atoms with Crippen molar-refractivity contribution in [1.29, 1.82) is 0 Å². The van der Waals surface area contributed by atoms with E-state index >= 15 is 0 Å². The Morgan fingerprint density at radius 2 is 1.89 bits per heavy atom. The van der Waals surface area contributed by atoms with Crippen LogP contribution in [0.3, 0.4) is 0 Å². The summed E-state index contributed by atoms with van der Waals surface area (Å²) in [5.41, 5.74) is 0. The molecule has 2 fully saturated rings. The fourth-order valence-electron chi connectivity index (χ4n) is 3.29. The second kappa shape index (κ2) is 7.53. The lowest BCUT2D eigenvalue weighted by Gasteiger charge is -2.27. The number of hydrogen-bond donors (Lipinski definition) is 0. The van der Waals surface area contributed by atoms with Crippen molar-refractivity contribution in [3.05, 3.63) is 0 Å². The third-order valence-corrected chi connectivity index (χ3v) is 5.75. The van der Waals surface area contributed by atoms with Crippen molar-refractivity contribution in [2.75, 3.05) is 32.9 Å². The van der Waals surface area contributed by atoms with Crippen LogP contribution in [-0.2, 0) is 4.79 Å². The number of likely N-dealkylation sites (N-methyl/N-ethyl adjacent to an activating group) is 1. The first-order chi connectivity index (χ1) is 9.20. The van der Waals surface area contributed by atoms with Crippen LogP contribution in [0, 0.1) is 0 Å². The van der Waals surface area contributed by atoms with Gasteiger partial charge in [-0.05, 0) is 45.4 Å². The number of likely N-dealkylation sites (tertiary alicyclic amines) is 1. The monoisotopic (exact) mass is 284 g/mol. The Morgan fingerprint density at radius 1 is 1.21 bits per heavy atom. The molecule has 3 nitrogen and oxygen atoms in total. The van der Waals surface area contributed by atoms with E-state index in [0.717, 1.165) is 18.3 Å². The van der Waals surface area contributed by atoms with Gasteiger partial charge in [0.05, 0.1) is 6.54 Å². The summed E-state index contributed by atoms with van der Waals surface area (Å²) in [4.78, 5) is 16.7. The maximum absolute atomic E-state index is 12.3. The van der Waals surface area contributed by atoms with Crippen molar-refractivity contribution in [3.63, 3.8) is 0 Å². The lowest BCUT2D eigenvalue weighted by Crippen LogP contribution is -2.42. The summed E-state index contributed by atoms with van der Waals surface area (Å²) in [6.45, 7) is 2.57. The van der Waals surface area contributed by atoms with Gasteiger partial charge in [-0.2, -0.15) is 11.8 Å². The zero-order valence-electron chi connectivity index (χ0n) is 12.4. The van der Waals surface area contributed by atoms with Crippen molar-refractivity contribution < 1.29 is 4.79 Å². The van der Waals surface area contributed by atoms with E-state index in [1.54, 1.807) is 0 Å². The van der Waals surface area contributed by atoms with Crippen LogP contribution in [0.25, 0.3) is 0 Å². The molecule has 0 spiro atoms. The fourth-order valence-corrected chi connectivity index (χ4v) is 4.08. The van der Waals surface area contributed by atoms with Crippen LogP contribution in [0.5, 0.6) is 0 Å². The number of carbonyl (C=O) groups is 1. The lowest BCUT2D eigenvalue weighted by molar-refractivity contribution is -0.132. The van der Waals surface area contributed by atoms with Gasteiger partial charge >= 0.3 is 0 Å². The van der Waals surface area contributed by atoms with Gasteiger partial charge in [0, 0.05) is 24.4 Å². The van der Waals surface area contributed by atoms with Gasteiger partial charge in [0.2, 0.25) is 5.91 Å². The number of thioether (sulfide) groups is 1. The van der Waals surface area contributed by atoms with E-state index in [1.165, 1.54) is 44.9 Å². The van der Waals surface area contributed by atoms with E-state index in [-0.39, 0.29) is 0 Å². The highest BCUT2D eigenvalue weighted by Gasteiger charge is 2.28. The van der Waals surface area contributed by atoms with Gasteiger partial charge in [-0.15, -0.1) is 0 Å². The third kappa shape index (κ3) is 4.38. The van der Waals surface area contributed by atoms with E-state index in [1.807, 2.05) is 11.8 Å². The quantitative estimate of drug-likeness (QED) is 0.793. The molecule has 1 amide bonds. The Labute approximate surface area is 122 Å². The van der Waals surface area contributed by atoms with E-state index in [9.17, 15) is 4.79 Å². The zero-order chi connectivity index (χ0) is 13.7. The molecule has 1 saturated heterocycles. The van der Waals surface area contributed by atoms with Gasteiger partial charge in [-0.3, -0.25) is 9.69 Å². The number of amides is 1. The normalized spacial score (nSPS) is 28.7. The lowest BCUT2D eigenvalue weighted by atomic mass is 10.2.